The molecule has 0 atom stereocenters. The van der Waals surface area contributed by atoms with Crippen LogP contribution in [0.3, 0.4) is 0 Å². The van der Waals surface area contributed by atoms with E-state index in [0.717, 1.165) is 38.6 Å². The van der Waals surface area contributed by atoms with Crippen LogP contribution >= 0.6 is 27.3 Å². The molecule has 0 aliphatic carbocycles. The maximum atomic E-state index is 4.67. The number of nitrogens with zero attached hydrogens (tertiary/aromatic N) is 4. The summed E-state index contributed by atoms with van der Waals surface area (Å²) in [4.78, 5) is 9.30. The lowest BCUT2D eigenvalue weighted by atomic mass is 10.2. The van der Waals surface area contributed by atoms with Crippen molar-refractivity contribution in [3.8, 4) is 11.3 Å². The molecular weight excluding hydrogens is 518 g/mol. The van der Waals surface area contributed by atoms with Crippen molar-refractivity contribution in [1.29, 1.82) is 0 Å². The Morgan fingerprint density at radius 1 is 0.914 bits per heavy atom. The largest absolute Gasteiger partial charge is 0.335 e. The highest BCUT2D eigenvalue weighted by molar-refractivity contribution is 9.10. The summed E-state index contributed by atoms with van der Waals surface area (Å²) in [5, 5.41) is 9.52. The fraction of sp³-hybridized carbons (Fsp3) is 0.0357. The number of halogens is 1. The highest BCUT2D eigenvalue weighted by Gasteiger charge is 2.12. The summed E-state index contributed by atoms with van der Waals surface area (Å²) < 4.78 is 3.37. The molecule has 0 amide bonds. The second kappa shape index (κ2) is 9.44. The Kier molecular flexibility index (Phi) is 5.86. The molecular formula is C28H20BrN5S. The summed E-state index contributed by atoms with van der Waals surface area (Å²) in [6.45, 7) is 0.798. The van der Waals surface area contributed by atoms with Crippen molar-refractivity contribution in [2.45, 2.75) is 6.54 Å². The summed E-state index contributed by atoms with van der Waals surface area (Å²) >= 11 is 4.99. The summed E-state index contributed by atoms with van der Waals surface area (Å²) in [6, 6.07) is 29.2. The van der Waals surface area contributed by atoms with E-state index in [0.29, 0.717) is 0 Å². The molecule has 7 heteroatoms. The van der Waals surface area contributed by atoms with Crippen molar-refractivity contribution < 1.29 is 0 Å². The van der Waals surface area contributed by atoms with Gasteiger partial charge in [-0.25, -0.2) is 4.98 Å². The van der Waals surface area contributed by atoms with E-state index in [2.05, 4.69) is 95.6 Å². The second-order valence-corrected chi connectivity index (χ2v) is 9.90. The van der Waals surface area contributed by atoms with Gasteiger partial charge in [0.1, 0.15) is 0 Å². The number of benzene rings is 3. The zero-order valence-electron chi connectivity index (χ0n) is 18.6. The SMILES string of the molecule is Brc1ccc(-c2csc(N/N=C/c3cc4c5ccccc5n(Cc5ccccc5)c4cn3)n2)cc1. The molecule has 0 unspecified atom stereocenters. The lowest BCUT2D eigenvalue weighted by molar-refractivity contribution is 0.867. The Morgan fingerprint density at radius 3 is 2.57 bits per heavy atom. The number of hydrogen-bond donors (Lipinski definition) is 1. The number of aromatic nitrogens is 3. The molecule has 0 fully saturated rings. The van der Waals surface area contributed by atoms with Crippen LogP contribution in [0, 0.1) is 0 Å². The fourth-order valence-electron chi connectivity index (χ4n) is 4.20. The first kappa shape index (κ1) is 21.7. The van der Waals surface area contributed by atoms with E-state index in [1.807, 2.05) is 41.9 Å². The maximum Gasteiger partial charge on any atom is 0.203 e. The third kappa shape index (κ3) is 4.48. The standard InChI is InChI=1S/C28H20BrN5S/c29-21-12-10-20(11-13-21)25-18-35-28(32-25)33-31-15-22-14-24-23-8-4-5-9-26(23)34(27(24)16-30-22)17-19-6-2-1-3-7-19/h1-16,18H,17H2,(H,32,33)/b31-15+. The molecule has 0 spiro atoms. The van der Waals surface area contributed by atoms with Crippen LogP contribution < -0.4 is 5.43 Å². The molecule has 3 aromatic heterocycles. The molecule has 0 aliphatic rings. The van der Waals surface area contributed by atoms with Crippen molar-refractivity contribution >= 4 is 60.4 Å². The molecule has 0 saturated heterocycles. The van der Waals surface area contributed by atoms with Crippen LogP contribution in [-0.2, 0) is 6.54 Å². The van der Waals surface area contributed by atoms with Crippen molar-refractivity contribution in [2.75, 3.05) is 5.43 Å². The van der Waals surface area contributed by atoms with E-state index >= 15 is 0 Å². The highest BCUT2D eigenvalue weighted by atomic mass is 79.9. The lowest BCUT2D eigenvalue weighted by Crippen LogP contribution is -2.00. The summed E-state index contributed by atoms with van der Waals surface area (Å²) in [5.41, 5.74) is 9.39. The molecule has 3 aromatic carbocycles. The Labute approximate surface area is 214 Å². The molecule has 0 saturated carbocycles. The first-order chi connectivity index (χ1) is 17.2. The van der Waals surface area contributed by atoms with Gasteiger partial charge in [0.2, 0.25) is 5.13 Å². The lowest BCUT2D eigenvalue weighted by Gasteiger charge is -2.07. The number of thiazole rings is 1. The van der Waals surface area contributed by atoms with Crippen molar-refractivity contribution in [3.05, 3.63) is 112 Å². The van der Waals surface area contributed by atoms with Crippen LogP contribution in [0.25, 0.3) is 33.1 Å². The van der Waals surface area contributed by atoms with E-state index in [1.165, 1.54) is 33.2 Å². The highest BCUT2D eigenvalue weighted by Crippen LogP contribution is 2.30. The molecule has 3 heterocycles. The Morgan fingerprint density at radius 2 is 1.71 bits per heavy atom. The number of hydrogen-bond acceptors (Lipinski definition) is 5. The minimum atomic E-state index is 0.736. The van der Waals surface area contributed by atoms with Gasteiger partial charge in [0.15, 0.2) is 0 Å². The van der Waals surface area contributed by atoms with Crippen LogP contribution in [0.2, 0.25) is 0 Å². The average molecular weight is 538 g/mol. The van der Waals surface area contributed by atoms with Gasteiger partial charge in [-0.3, -0.25) is 10.4 Å². The number of rotatable bonds is 6. The van der Waals surface area contributed by atoms with Crippen molar-refractivity contribution in [2.24, 2.45) is 5.10 Å². The molecule has 0 aliphatic heterocycles. The molecule has 170 valence electrons. The number of fused-ring (bicyclic) bond motifs is 3. The minimum Gasteiger partial charge on any atom is -0.335 e. The number of nitrogens with one attached hydrogen (secondary N) is 1. The second-order valence-electron chi connectivity index (χ2n) is 8.13. The van der Waals surface area contributed by atoms with E-state index in [9.17, 15) is 0 Å². The first-order valence-corrected chi connectivity index (χ1v) is 12.8. The molecule has 5 nitrogen and oxygen atoms in total. The predicted octanol–water partition coefficient (Wildman–Crippen LogP) is 7.57. The molecule has 6 aromatic rings. The molecule has 0 radical (unpaired) electrons. The van der Waals surface area contributed by atoms with Gasteiger partial charge in [0.25, 0.3) is 0 Å². The number of hydrazone groups is 1. The fourth-order valence-corrected chi connectivity index (χ4v) is 5.13. The average Bonchev–Trinajstić information content (AvgIpc) is 3.49. The van der Waals surface area contributed by atoms with Crippen LogP contribution in [0.15, 0.2) is 106 Å². The quantitative estimate of drug-likeness (QED) is 0.176. The van der Waals surface area contributed by atoms with E-state index in [4.69, 9.17) is 0 Å². The van der Waals surface area contributed by atoms with Crippen LogP contribution in [0.5, 0.6) is 0 Å². The van der Waals surface area contributed by atoms with Crippen LogP contribution in [0.1, 0.15) is 11.3 Å². The molecule has 1 N–H and O–H groups in total. The molecule has 0 bridgehead atoms. The Balaban J connectivity index is 1.26. The van der Waals surface area contributed by atoms with Crippen molar-refractivity contribution in [3.63, 3.8) is 0 Å². The number of anilines is 1. The van der Waals surface area contributed by atoms with Gasteiger partial charge in [-0.1, -0.05) is 76.6 Å². The number of para-hydroxylation sites is 1. The monoisotopic (exact) mass is 537 g/mol. The zero-order valence-corrected chi connectivity index (χ0v) is 21.0. The third-order valence-corrected chi connectivity index (χ3v) is 7.14. The smallest absolute Gasteiger partial charge is 0.203 e. The topological polar surface area (TPSA) is 55.1 Å². The normalized spacial score (nSPS) is 11.6. The van der Waals surface area contributed by atoms with Gasteiger partial charge in [-0.2, -0.15) is 5.10 Å². The molecule has 6 rings (SSSR count). The van der Waals surface area contributed by atoms with Gasteiger partial charge >= 0.3 is 0 Å². The third-order valence-electron chi connectivity index (χ3n) is 5.86. The predicted molar refractivity (Wildman–Crippen MR) is 149 cm³/mol. The van der Waals surface area contributed by atoms with Crippen molar-refractivity contribution in [1.82, 2.24) is 14.5 Å². The summed E-state index contributed by atoms with van der Waals surface area (Å²) in [7, 11) is 0. The maximum absolute atomic E-state index is 4.67. The van der Waals surface area contributed by atoms with Gasteiger partial charge < -0.3 is 4.57 Å². The van der Waals surface area contributed by atoms with Gasteiger partial charge in [0.05, 0.1) is 29.3 Å². The van der Waals surface area contributed by atoms with E-state index in [-0.39, 0.29) is 0 Å². The summed E-state index contributed by atoms with van der Waals surface area (Å²) in [6.07, 6.45) is 3.68. The van der Waals surface area contributed by atoms with Crippen LogP contribution in [0.4, 0.5) is 5.13 Å². The molecule has 35 heavy (non-hydrogen) atoms. The van der Waals surface area contributed by atoms with Gasteiger partial charge in [-0.05, 0) is 29.8 Å². The van der Waals surface area contributed by atoms with Gasteiger partial charge in [-0.15, -0.1) is 11.3 Å². The van der Waals surface area contributed by atoms with Crippen LogP contribution in [-0.4, -0.2) is 20.7 Å². The van der Waals surface area contributed by atoms with E-state index < -0.39 is 0 Å². The summed E-state index contributed by atoms with van der Waals surface area (Å²) in [5.74, 6) is 0. The first-order valence-electron chi connectivity index (χ1n) is 11.2. The Hall–Kier alpha value is -3.81. The van der Waals surface area contributed by atoms with E-state index in [1.54, 1.807) is 6.21 Å². The zero-order chi connectivity index (χ0) is 23.6. The number of pyridine rings is 1. The Bertz CT molecular complexity index is 1650. The van der Waals surface area contributed by atoms with Gasteiger partial charge in [0, 0.05) is 38.3 Å². The minimum absolute atomic E-state index is 0.736.